The molecule has 0 bridgehead atoms. The maximum absolute atomic E-state index is 13.3. The Balaban J connectivity index is 1.18. The van der Waals surface area contributed by atoms with E-state index in [1.807, 2.05) is 42.5 Å². The average molecular weight is 511 g/mol. The molecule has 0 unspecified atom stereocenters. The summed E-state index contributed by atoms with van der Waals surface area (Å²) in [6.07, 6.45) is 10.1. The van der Waals surface area contributed by atoms with Crippen LogP contribution < -0.4 is 20.3 Å². The number of benzene rings is 2. The Bertz CT molecular complexity index is 1390. The maximum Gasteiger partial charge on any atom is 0.274 e. The molecule has 2 aromatic carbocycles. The maximum atomic E-state index is 13.3. The van der Waals surface area contributed by atoms with Gasteiger partial charge in [0.15, 0.2) is 5.65 Å². The second-order valence-corrected chi connectivity index (χ2v) is 10.2. The van der Waals surface area contributed by atoms with E-state index in [4.69, 9.17) is 9.72 Å². The van der Waals surface area contributed by atoms with Crippen molar-refractivity contribution >= 4 is 22.9 Å². The summed E-state index contributed by atoms with van der Waals surface area (Å²) in [5.41, 5.74) is 4.67. The van der Waals surface area contributed by atoms with Crippen molar-refractivity contribution in [1.82, 2.24) is 19.9 Å². The summed E-state index contributed by atoms with van der Waals surface area (Å²) in [7, 11) is 0. The van der Waals surface area contributed by atoms with Gasteiger partial charge in [0.25, 0.3) is 5.91 Å². The number of nitrogens with zero attached hydrogens (tertiary/aromatic N) is 4. The topological polar surface area (TPSA) is 83.8 Å². The van der Waals surface area contributed by atoms with Gasteiger partial charge in [-0.15, -0.1) is 0 Å². The summed E-state index contributed by atoms with van der Waals surface area (Å²) in [6, 6.07) is 17.7. The van der Waals surface area contributed by atoms with Gasteiger partial charge in [-0.2, -0.15) is 5.10 Å². The monoisotopic (exact) mass is 510 g/mol. The van der Waals surface area contributed by atoms with Crippen LogP contribution in [0.25, 0.3) is 16.8 Å². The van der Waals surface area contributed by atoms with Gasteiger partial charge in [0.2, 0.25) is 0 Å². The molecule has 1 amide bonds. The minimum absolute atomic E-state index is 0.242. The van der Waals surface area contributed by atoms with Crippen molar-refractivity contribution in [3.8, 4) is 16.9 Å². The Kier molecular flexibility index (Phi) is 7.22. The summed E-state index contributed by atoms with van der Waals surface area (Å²) in [5.74, 6) is 1.31. The van der Waals surface area contributed by atoms with Crippen LogP contribution in [0, 0.1) is 5.92 Å². The molecule has 1 aliphatic heterocycles. The van der Waals surface area contributed by atoms with Crippen molar-refractivity contribution in [3.05, 3.63) is 72.7 Å². The number of aromatic nitrogens is 3. The molecular weight excluding hydrogens is 476 g/mol. The predicted molar refractivity (Wildman–Crippen MR) is 150 cm³/mol. The minimum atomic E-state index is -0.242. The van der Waals surface area contributed by atoms with Crippen LogP contribution >= 0.6 is 0 Å². The highest BCUT2D eigenvalue weighted by Gasteiger charge is 2.18. The molecule has 2 N–H and O–H groups in total. The van der Waals surface area contributed by atoms with Gasteiger partial charge < -0.3 is 20.3 Å². The highest BCUT2D eigenvalue weighted by molar-refractivity contribution is 6.05. The Morgan fingerprint density at radius 2 is 1.79 bits per heavy atom. The summed E-state index contributed by atoms with van der Waals surface area (Å²) in [4.78, 5) is 20.3. The number of nitrogens with one attached hydrogen (secondary N) is 2. The Hall–Kier alpha value is -3.91. The van der Waals surface area contributed by atoms with Crippen LogP contribution in [0.5, 0.6) is 5.75 Å². The van der Waals surface area contributed by atoms with E-state index in [1.165, 1.54) is 32.1 Å². The zero-order valence-electron chi connectivity index (χ0n) is 21.6. The first-order chi connectivity index (χ1) is 18.7. The fourth-order valence-electron chi connectivity index (χ4n) is 5.44. The van der Waals surface area contributed by atoms with E-state index in [9.17, 15) is 4.79 Å². The van der Waals surface area contributed by atoms with Crippen LogP contribution in [-0.4, -0.2) is 53.3 Å². The van der Waals surface area contributed by atoms with Crippen molar-refractivity contribution in [3.63, 3.8) is 0 Å². The van der Waals surface area contributed by atoms with Crippen LogP contribution in [0.1, 0.15) is 42.6 Å². The van der Waals surface area contributed by atoms with Crippen molar-refractivity contribution in [2.75, 3.05) is 43.0 Å². The van der Waals surface area contributed by atoms with Gasteiger partial charge in [0.1, 0.15) is 11.4 Å². The lowest BCUT2D eigenvalue weighted by molar-refractivity contribution is 0.102. The van der Waals surface area contributed by atoms with Crippen LogP contribution in [0.2, 0.25) is 0 Å². The molecule has 1 aliphatic carbocycles. The smallest absolute Gasteiger partial charge is 0.274 e. The van der Waals surface area contributed by atoms with E-state index in [1.54, 1.807) is 23.0 Å². The zero-order chi connectivity index (χ0) is 25.7. The second kappa shape index (κ2) is 11.2. The molecule has 1 saturated heterocycles. The largest absolute Gasteiger partial charge is 0.493 e. The first-order valence-corrected chi connectivity index (χ1v) is 13.7. The number of para-hydroxylation sites is 2. The number of ether oxygens (including phenoxy) is 1. The number of rotatable bonds is 7. The summed E-state index contributed by atoms with van der Waals surface area (Å²) in [5, 5.41) is 10.9. The van der Waals surface area contributed by atoms with Gasteiger partial charge in [-0.1, -0.05) is 43.5 Å². The first-order valence-electron chi connectivity index (χ1n) is 13.7. The predicted octanol–water partition coefficient (Wildman–Crippen LogP) is 5.02. The SMILES string of the molecule is O=C(Nc1ccccc1N1CCNCC1)c1ccn2ncc(-c3ccc(OCC4CCCCC4)cc3)c2n1. The molecule has 1 saturated carbocycles. The molecule has 2 fully saturated rings. The Labute approximate surface area is 223 Å². The third-order valence-electron chi connectivity index (χ3n) is 7.59. The van der Waals surface area contributed by atoms with Crippen molar-refractivity contribution in [1.29, 1.82) is 0 Å². The number of hydrogen-bond acceptors (Lipinski definition) is 6. The molecule has 4 aromatic rings. The molecule has 0 spiro atoms. The fraction of sp³-hybridized carbons (Fsp3) is 0.367. The van der Waals surface area contributed by atoms with Crippen molar-refractivity contribution < 1.29 is 9.53 Å². The zero-order valence-corrected chi connectivity index (χ0v) is 21.6. The van der Waals surface area contributed by atoms with Gasteiger partial charge in [0.05, 0.1) is 24.2 Å². The van der Waals surface area contributed by atoms with Gasteiger partial charge in [-0.3, -0.25) is 4.79 Å². The van der Waals surface area contributed by atoms with Crippen molar-refractivity contribution in [2.24, 2.45) is 5.92 Å². The number of amides is 1. The Morgan fingerprint density at radius 1 is 1.00 bits per heavy atom. The molecule has 196 valence electrons. The molecule has 8 nitrogen and oxygen atoms in total. The number of hydrogen-bond donors (Lipinski definition) is 2. The Morgan fingerprint density at radius 3 is 2.61 bits per heavy atom. The molecule has 2 aromatic heterocycles. The number of fused-ring (bicyclic) bond motifs is 1. The summed E-state index contributed by atoms with van der Waals surface area (Å²) >= 11 is 0. The van der Waals surface area contributed by atoms with Gasteiger partial charge >= 0.3 is 0 Å². The molecule has 8 heteroatoms. The van der Waals surface area contributed by atoms with E-state index >= 15 is 0 Å². The minimum Gasteiger partial charge on any atom is -0.493 e. The highest BCUT2D eigenvalue weighted by atomic mass is 16.5. The number of piperazine rings is 1. The van der Waals surface area contributed by atoms with Crippen LogP contribution in [0.15, 0.2) is 67.0 Å². The lowest BCUT2D eigenvalue weighted by atomic mass is 9.90. The van der Waals surface area contributed by atoms with E-state index in [-0.39, 0.29) is 5.91 Å². The van der Waals surface area contributed by atoms with Crippen LogP contribution in [0.3, 0.4) is 0 Å². The molecular formula is C30H34N6O2. The third kappa shape index (κ3) is 5.36. The number of carbonyl (C=O) groups is 1. The molecule has 3 heterocycles. The second-order valence-electron chi connectivity index (χ2n) is 10.2. The van der Waals surface area contributed by atoms with Crippen LogP contribution in [-0.2, 0) is 0 Å². The van der Waals surface area contributed by atoms with Gasteiger partial charge in [-0.25, -0.2) is 9.50 Å². The van der Waals surface area contributed by atoms with Gasteiger partial charge in [-0.05, 0) is 54.7 Å². The normalized spacial score (nSPS) is 16.5. The first kappa shape index (κ1) is 24.4. The highest BCUT2D eigenvalue weighted by Crippen LogP contribution is 2.29. The lowest BCUT2D eigenvalue weighted by Gasteiger charge is -2.31. The van der Waals surface area contributed by atoms with Crippen molar-refractivity contribution in [2.45, 2.75) is 32.1 Å². The van der Waals surface area contributed by atoms with E-state index in [2.05, 4.69) is 26.7 Å². The standard InChI is InChI=1S/C30H34N6O2/c37-30(34-26-8-4-5-9-28(26)35-18-15-31-16-19-35)27-14-17-36-29(33-27)25(20-32-36)23-10-12-24(13-11-23)38-21-22-6-2-1-3-7-22/h4-5,8-14,17,20,22,31H,1-3,6-7,15-16,18-19,21H2,(H,34,37). The molecule has 0 atom stereocenters. The van der Waals surface area contributed by atoms with E-state index in [0.29, 0.717) is 17.3 Å². The average Bonchev–Trinajstić information content (AvgIpc) is 3.41. The fourth-order valence-corrected chi connectivity index (χ4v) is 5.44. The summed E-state index contributed by atoms with van der Waals surface area (Å²) < 4.78 is 7.77. The summed E-state index contributed by atoms with van der Waals surface area (Å²) in [6.45, 7) is 4.45. The molecule has 38 heavy (non-hydrogen) atoms. The number of anilines is 2. The lowest BCUT2D eigenvalue weighted by Crippen LogP contribution is -2.43. The van der Waals surface area contributed by atoms with Gasteiger partial charge in [0, 0.05) is 37.9 Å². The number of carbonyl (C=O) groups excluding carboxylic acids is 1. The van der Waals surface area contributed by atoms with E-state index < -0.39 is 0 Å². The third-order valence-corrected chi connectivity index (χ3v) is 7.59. The quantitative estimate of drug-likeness (QED) is 0.363. The molecule has 6 rings (SSSR count). The molecule has 0 radical (unpaired) electrons. The van der Waals surface area contributed by atoms with Crippen LogP contribution in [0.4, 0.5) is 11.4 Å². The van der Waals surface area contributed by atoms with E-state index in [0.717, 1.165) is 61.0 Å². The molecule has 2 aliphatic rings.